The number of nitrogens with zero attached hydrogens (tertiary/aromatic N) is 1. The summed E-state index contributed by atoms with van der Waals surface area (Å²) in [6, 6.07) is 22.3. The molecule has 30 heavy (non-hydrogen) atoms. The summed E-state index contributed by atoms with van der Waals surface area (Å²) in [5, 5.41) is 15.2. The molecule has 1 aromatic heterocycles. The highest BCUT2D eigenvalue weighted by molar-refractivity contribution is 5.94. The SMILES string of the molecule is Cc1cccc(C)c1Nc1cccc2ccc(-c3cc(C(C)(C)C)ccc3O)nc12. The first-order chi connectivity index (χ1) is 14.2. The van der Waals surface area contributed by atoms with E-state index in [0.29, 0.717) is 0 Å². The molecule has 0 spiro atoms. The largest absolute Gasteiger partial charge is 0.507 e. The van der Waals surface area contributed by atoms with Crippen molar-refractivity contribution >= 4 is 22.3 Å². The first-order valence-corrected chi connectivity index (χ1v) is 10.3. The quantitative estimate of drug-likeness (QED) is 0.383. The summed E-state index contributed by atoms with van der Waals surface area (Å²) in [6.07, 6.45) is 0. The van der Waals surface area contributed by atoms with Crippen LogP contribution in [-0.2, 0) is 5.41 Å². The van der Waals surface area contributed by atoms with Gasteiger partial charge < -0.3 is 10.4 Å². The molecule has 3 nitrogen and oxygen atoms in total. The van der Waals surface area contributed by atoms with E-state index in [1.165, 1.54) is 16.7 Å². The van der Waals surface area contributed by atoms with Gasteiger partial charge in [0.25, 0.3) is 0 Å². The fraction of sp³-hybridized carbons (Fsp3) is 0.222. The zero-order valence-electron chi connectivity index (χ0n) is 18.2. The van der Waals surface area contributed by atoms with Gasteiger partial charge in [-0.05, 0) is 60.2 Å². The fourth-order valence-electron chi connectivity index (χ4n) is 3.75. The lowest BCUT2D eigenvalue weighted by Gasteiger charge is -2.20. The van der Waals surface area contributed by atoms with Crippen molar-refractivity contribution in [3.05, 3.63) is 83.4 Å². The minimum atomic E-state index is -0.00558. The van der Waals surface area contributed by atoms with Crippen LogP contribution in [0.25, 0.3) is 22.2 Å². The lowest BCUT2D eigenvalue weighted by atomic mass is 9.85. The van der Waals surface area contributed by atoms with Crippen LogP contribution < -0.4 is 5.32 Å². The van der Waals surface area contributed by atoms with Gasteiger partial charge in [0.1, 0.15) is 5.75 Å². The first kappa shape index (κ1) is 20.0. The van der Waals surface area contributed by atoms with Gasteiger partial charge in [-0.15, -0.1) is 0 Å². The molecule has 0 unspecified atom stereocenters. The lowest BCUT2D eigenvalue weighted by molar-refractivity contribution is 0.476. The molecule has 0 radical (unpaired) electrons. The van der Waals surface area contributed by atoms with Crippen LogP contribution in [0, 0.1) is 13.8 Å². The Morgan fingerprint density at radius 2 is 1.53 bits per heavy atom. The van der Waals surface area contributed by atoms with E-state index in [-0.39, 0.29) is 11.2 Å². The van der Waals surface area contributed by atoms with E-state index in [0.717, 1.165) is 33.5 Å². The van der Waals surface area contributed by atoms with Crippen LogP contribution in [0.2, 0.25) is 0 Å². The second-order valence-electron chi connectivity index (χ2n) is 8.95. The number of benzene rings is 3. The van der Waals surface area contributed by atoms with Gasteiger partial charge in [0.2, 0.25) is 0 Å². The Labute approximate surface area is 178 Å². The average Bonchev–Trinajstić information content (AvgIpc) is 2.70. The van der Waals surface area contributed by atoms with Crippen LogP contribution in [0.15, 0.2) is 66.7 Å². The van der Waals surface area contributed by atoms with E-state index >= 15 is 0 Å². The maximum absolute atomic E-state index is 10.5. The zero-order valence-corrected chi connectivity index (χ0v) is 18.2. The van der Waals surface area contributed by atoms with Gasteiger partial charge in [0, 0.05) is 16.6 Å². The van der Waals surface area contributed by atoms with Gasteiger partial charge in [0.05, 0.1) is 16.9 Å². The van der Waals surface area contributed by atoms with Crippen molar-refractivity contribution in [2.45, 2.75) is 40.0 Å². The lowest BCUT2D eigenvalue weighted by Crippen LogP contribution is -2.10. The van der Waals surface area contributed by atoms with E-state index in [4.69, 9.17) is 4.98 Å². The van der Waals surface area contributed by atoms with Gasteiger partial charge in [-0.1, -0.05) is 63.2 Å². The summed E-state index contributed by atoms with van der Waals surface area (Å²) in [4.78, 5) is 4.96. The summed E-state index contributed by atoms with van der Waals surface area (Å²) in [7, 11) is 0. The molecule has 0 saturated carbocycles. The van der Waals surface area contributed by atoms with Crippen molar-refractivity contribution in [3.8, 4) is 17.0 Å². The summed E-state index contributed by atoms with van der Waals surface area (Å²) in [5.74, 6) is 0.245. The Hall–Kier alpha value is -3.33. The van der Waals surface area contributed by atoms with Gasteiger partial charge in [-0.2, -0.15) is 0 Å². The first-order valence-electron chi connectivity index (χ1n) is 10.3. The number of pyridine rings is 1. The molecule has 4 aromatic rings. The molecule has 152 valence electrons. The van der Waals surface area contributed by atoms with E-state index in [1.54, 1.807) is 6.07 Å². The molecule has 0 atom stereocenters. The smallest absolute Gasteiger partial charge is 0.124 e. The van der Waals surface area contributed by atoms with Crippen molar-refractivity contribution in [2.24, 2.45) is 0 Å². The number of hydrogen-bond acceptors (Lipinski definition) is 3. The van der Waals surface area contributed by atoms with Crippen LogP contribution in [0.1, 0.15) is 37.5 Å². The molecule has 0 aliphatic heterocycles. The Kier molecular flexibility index (Phi) is 4.98. The maximum atomic E-state index is 10.5. The fourth-order valence-corrected chi connectivity index (χ4v) is 3.75. The predicted octanol–water partition coefficient (Wildman–Crippen LogP) is 7.27. The molecule has 2 N–H and O–H groups in total. The molecule has 0 amide bonds. The third-order valence-electron chi connectivity index (χ3n) is 5.60. The summed E-state index contributed by atoms with van der Waals surface area (Å²) >= 11 is 0. The number of anilines is 2. The molecule has 0 saturated heterocycles. The van der Waals surface area contributed by atoms with Crippen LogP contribution in [0.3, 0.4) is 0 Å². The number of aromatic nitrogens is 1. The highest BCUT2D eigenvalue weighted by Gasteiger charge is 2.17. The van der Waals surface area contributed by atoms with Gasteiger partial charge in [0.15, 0.2) is 0 Å². The number of aromatic hydroxyl groups is 1. The monoisotopic (exact) mass is 396 g/mol. The van der Waals surface area contributed by atoms with Gasteiger partial charge in [-0.25, -0.2) is 4.98 Å². The zero-order chi connectivity index (χ0) is 21.5. The minimum absolute atomic E-state index is 0.00558. The van der Waals surface area contributed by atoms with Gasteiger partial charge >= 0.3 is 0 Å². The number of phenolic OH excluding ortho intramolecular Hbond substituents is 1. The van der Waals surface area contributed by atoms with Crippen molar-refractivity contribution in [3.63, 3.8) is 0 Å². The Morgan fingerprint density at radius 3 is 2.23 bits per heavy atom. The van der Waals surface area contributed by atoms with E-state index < -0.39 is 0 Å². The highest BCUT2D eigenvalue weighted by Crippen LogP contribution is 2.35. The van der Waals surface area contributed by atoms with Crippen molar-refractivity contribution < 1.29 is 5.11 Å². The molecule has 0 fully saturated rings. The number of nitrogens with one attached hydrogen (secondary N) is 1. The van der Waals surface area contributed by atoms with Crippen LogP contribution in [-0.4, -0.2) is 10.1 Å². The number of hydrogen-bond donors (Lipinski definition) is 2. The molecule has 0 aliphatic carbocycles. The Morgan fingerprint density at radius 1 is 0.833 bits per heavy atom. The minimum Gasteiger partial charge on any atom is -0.507 e. The number of phenols is 1. The second-order valence-corrected chi connectivity index (χ2v) is 8.95. The third-order valence-corrected chi connectivity index (χ3v) is 5.60. The van der Waals surface area contributed by atoms with E-state index in [9.17, 15) is 5.11 Å². The molecule has 4 rings (SSSR count). The molecule has 0 aliphatic rings. The molecular formula is C27H28N2O. The standard InChI is InChI=1S/C27H28N2O/c1-17-8-6-9-18(2)25(17)29-23-11-7-10-19-12-14-22(28-26(19)23)21-16-20(27(3,4)5)13-15-24(21)30/h6-16,29-30H,1-5H3. The summed E-state index contributed by atoms with van der Waals surface area (Å²) in [6.45, 7) is 10.7. The number of fused-ring (bicyclic) bond motifs is 1. The second kappa shape index (κ2) is 7.49. The van der Waals surface area contributed by atoms with Gasteiger partial charge in [-0.3, -0.25) is 0 Å². The topological polar surface area (TPSA) is 45.1 Å². The van der Waals surface area contributed by atoms with E-state index in [1.807, 2.05) is 24.3 Å². The van der Waals surface area contributed by atoms with Crippen LogP contribution >= 0.6 is 0 Å². The molecule has 3 heteroatoms. The molecule has 1 heterocycles. The molecule has 3 aromatic carbocycles. The molecular weight excluding hydrogens is 368 g/mol. The number of para-hydroxylation sites is 2. The van der Waals surface area contributed by atoms with Crippen molar-refractivity contribution in [1.82, 2.24) is 4.98 Å². The van der Waals surface area contributed by atoms with Crippen molar-refractivity contribution in [2.75, 3.05) is 5.32 Å². The molecule has 0 bridgehead atoms. The normalized spacial score (nSPS) is 11.6. The van der Waals surface area contributed by atoms with Crippen LogP contribution in [0.4, 0.5) is 11.4 Å². The maximum Gasteiger partial charge on any atom is 0.124 e. The highest BCUT2D eigenvalue weighted by atomic mass is 16.3. The summed E-state index contributed by atoms with van der Waals surface area (Å²) < 4.78 is 0. The Balaban J connectivity index is 1.85. The predicted molar refractivity (Wildman–Crippen MR) is 127 cm³/mol. The van der Waals surface area contributed by atoms with Crippen molar-refractivity contribution in [1.29, 1.82) is 0 Å². The Bertz CT molecular complexity index is 1220. The third kappa shape index (κ3) is 3.76. The number of rotatable bonds is 3. The summed E-state index contributed by atoms with van der Waals surface area (Å²) in [5.41, 5.74) is 8.02. The van der Waals surface area contributed by atoms with E-state index in [2.05, 4.69) is 76.3 Å². The number of aryl methyl sites for hydroxylation is 2. The average molecular weight is 397 g/mol. The van der Waals surface area contributed by atoms with Crippen LogP contribution in [0.5, 0.6) is 5.75 Å².